The third-order valence-electron chi connectivity index (χ3n) is 5.38. The van der Waals surface area contributed by atoms with Gasteiger partial charge in [-0.25, -0.2) is 4.79 Å². The number of amides is 2. The molecule has 3 aromatic rings. The molecule has 0 radical (unpaired) electrons. The van der Waals surface area contributed by atoms with E-state index in [-0.39, 0.29) is 37.5 Å². The first kappa shape index (κ1) is 26.8. The molecule has 37 heavy (non-hydrogen) atoms. The van der Waals surface area contributed by atoms with Gasteiger partial charge in [-0.05, 0) is 76.5 Å². The topological polar surface area (TPSA) is 91.4 Å². The van der Waals surface area contributed by atoms with E-state index in [0.29, 0.717) is 31.3 Å². The predicted molar refractivity (Wildman–Crippen MR) is 150 cm³/mol. The molecule has 0 atom stereocenters. The largest absolute Gasteiger partial charge is 0.493 e. The number of methoxy groups -OCH3 is 1. The smallest absolute Gasteiger partial charge is 0.344 e. The fraction of sp³-hybridized carbons (Fsp3) is 0.222. The number of hydrogen-bond donors (Lipinski definition) is 0. The van der Waals surface area contributed by atoms with Gasteiger partial charge in [0.15, 0.2) is 18.1 Å². The quantitative estimate of drug-likeness (QED) is 0.164. The maximum atomic E-state index is 13.0. The molecule has 192 valence electrons. The van der Waals surface area contributed by atoms with Crippen molar-refractivity contribution in [3.05, 3.63) is 68.6 Å². The predicted octanol–water partition coefficient (Wildman–Crippen LogP) is 5.51. The lowest BCUT2D eigenvalue weighted by Gasteiger charge is -2.14. The van der Waals surface area contributed by atoms with E-state index in [0.717, 1.165) is 22.5 Å². The first-order valence-corrected chi connectivity index (χ1v) is 13.3. The number of rotatable bonds is 10. The van der Waals surface area contributed by atoms with E-state index < -0.39 is 5.97 Å². The Balaban J connectivity index is 1.43. The number of halogens is 1. The average Bonchev–Trinajstić information content (AvgIpc) is 3.15. The van der Waals surface area contributed by atoms with Gasteiger partial charge in [0.05, 0.1) is 28.7 Å². The van der Waals surface area contributed by atoms with Gasteiger partial charge < -0.3 is 18.9 Å². The van der Waals surface area contributed by atoms with Crippen molar-refractivity contribution < 1.29 is 33.3 Å². The molecule has 1 saturated heterocycles. The summed E-state index contributed by atoms with van der Waals surface area (Å²) in [6.07, 6.45) is 1.64. The van der Waals surface area contributed by atoms with Crippen molar-refractivity contribution in [3.63, 3.8) is 0 Å². The van der Waals surface area contributed by atoms with Crippen LogP contribution in [0.2, 0.25) is 0 Å². The molecule has 4 rings (SSSR count). The van der Waals surface area contributed by atoms with Crippen LogP contribution in [0.15, 0.2) is 59.5 Å². The van der Waals surface area contributed by atoms with Crippen molar-refractivity contribution >= 4 is 68.3 Å². The number of benzene rings is 3. The lowest BCUT2D eigenvalue weighted by Crippen LogP contribution is -2.32. The molecule has 3 aromatic carbocycles. The molecule has 10 heteroatoms. The molecule has 1 fully saturated rings. The lowest BCUT2D eigenvalue weighted by molar-refractivity contribution is -0.145. The van der Waals surface area contributed by atoms with Crippen LogP contribution in [0, 0.1) is 3.57 Å². The van der Waals surface area contributed by atoms with E-state index in [2.05, 4.69) is 22.6 Å². The highest BCUT2D eigenvalue weighted by molar-refractivity contribution is 14.1. The van der Waals surface area contributed by atoms with Crippen molar-refractivity contribution in [2.45, 2.75) is 6.92 Å². The van der Waals surface area contributed by atoms with Gasteiger partial charge >= 0.3 is 5.97 Å². The number of carbonyl (C=O) groups excluding carboxylic acids is 3. The molecular formula is C27H24INO7S. The van der Waals surface area contributed by atoms with Crippen LogP contribution in [0.5, 0.6) is 17.2 Å². The monoisotopic (exact) mass is 633 g/mol. The minimum atomic E-state index is -0.484. The molecular weight excluding hydrogens is 609 g/mol. The third-order valence-corrected chi connectivity index (χ3v) is 7.09. The van der Waals surface area contributed by atoms with Crippen LogP contribution < -0.4 is 14.2 Å². The number of hydrogen-bond acceptors (Lipinski definition) is 8. The molecule has 0 N–H and O–H groups in total. The van der Waals surface area contributed by atoms with Crippen LogP contribution in [0.3, 0.4) is 0 Å². The Morgan fingerprint density at radius 3 is 2.62 bits per heavy atom. The summed E-state index contributed by atoms with van der Waals surface area (Å²) >= 11 is 2.94. The van der Waals surface area contributed by atoms with Crippen LogP contribution in [-0.4, -0.2) is 55.5 Å². The summed E-state index contributed by atoms with van der Waals surface area (Å²) in [6.45, 7) is 2.04. The molecule has 2 amide bonds. The Hall–Kier alpha value is -3.25. The number of thioether (sulfide) groups is 1. The highest BCUT2D eigenvalue weighted by Gasteiger charge is 2.35. The summed E-state index contributed by atoms with van der Waals surface area (Å²) in [6, 6.07) is 17.1. The fourth-order valence-corrected chi connectivity index (χ4v) is 5.36. The first-order chi connectivity index (χ1) is 17.9. The summed E-state index contributed by atoms with van der Waals surface area (Å²) in [4.78, 5) is 38.7. The van der Waals surface area contributed by atoms with E-state index in [1.807, 2.05) is 42.5 Å². The van der Waals surface area contributed by atoms with Gasteiger partial charge in [0.2, 0.25) is 0 Å². The van der Waals surface area contributed by atoms with Crippen LogP contribution in [0.1, 0.15) is 12.5 Å². The standard InChI is InChI=1S/C27H24INO7S/c1-3-34-24(30)16-36-25-20(28)13-17(14-22(25)33-2)15-23-26(31)29(27(32)37-23)11-12-35-21-10-6-8-18-7-4-5-9-19(18)21/h4-10,13-15H,3,11-12,16H2,1-2H3/b23-15-. The molecule has 1 heterocycles. The Morgan fingerprint density at radius 1 is 1.05 bits per heavy atom. The molecule has 0 bridgehead atoms. The molecule has 1 aliphatic rings. The second-order valence-electron chi connectivity index (χ2n) is 7.79. The number of carbonyl (C=O) groups is 3. The van der Waals surface area contributed by atoms with Gasteiger partial charge in [-0.1, -0.05) is 36.4 Å². The van der Waals surface area contributed by atoms with Crippen molar-refractivity contribution in [2.24, 2.45) is 0 Å². The van der Waals surface area contributed by atoms with Gasteiger partial charge in [-0.3, -0.25) is 14.5 Å². The zero-order valence-electron chi connectivity index (χ0n) is 20.2. The lowest BCUT2D eigenvalue weighted by atomic mass is 10.1. The van der Waals surface area contributed by atoms with Crippen molar-refractivity contribution in [1.82, 2.24) is 4.90 Å². The SMILES string of the molecule is CCOC(=O)COc1c(I)cc(/C=C2\SC(=O)N(CCOc3cccc4ccccc34)C2=O)cc1OC. The van der Waals surface area contributed by atoms with Gasteiger partial charge in [0.25, 0.3) is 11.1 Å². The van der Waals surface area contributed by atoms with Crippen molar-refractivity contribution in [3.8, 4) is 17.2 Å². The molecule has 1 aliphatic heterocycles. The maximum absolute atomic E-state index is 13.0. The molecule has 0 spiro atoms. The minimum absolute atomic E-state index is 0.132. The van der Waals surface area contributed by atoms with Gasteiger partial charge in [0.1, 0.15) is 12.4 Å². The van der Waals surface area contributed by atoms with E-state index in [4.69, 9.17) is 18.9 Å². The zero-order chi connectivity index (χ0) is 26.4. The normalized spacial score (nSPS) is 14.4. The third kappa shape index (κ3) is 6.37. The van der Waals surface area contributed by atoms with Crippen LogP contribution in [0.4, 0.5) is 4.79 Å². The Bertz CT molecular complexity index is 1370. The van der Waals surface area contributed by atoms with Gasteiger partial charge in [-0.2, -0.15) is 0 Å². The number of fused-ring (bicyclic) bond motifs is 1. The van der Waals surface area contributed by atoms with Crippen LogP contribution in [0.25, 0.3) is 16.8 Å². The molecule has 0 aliphatic carbocycles. The summed E-state index contributed by atoms with van der Waals surface area (Å²) in [5.41, 5.74) is 0.655. The zero-order valence-corrected chi connectivity index (χ0v) is 23.2. The Kier molecular flexibility index (Phi) is 8.93. The highest BCUT2D eigenvalue weighted by Crippen LogP contribution is 2.37. The van der Waals surface area contributed by atoms with Gasteiger partial charge in [-0.15, -0.1) is 0 Å². The first-order valence-electron chi connectivity index (χ1n) is 11.4. The maximum Gasteiger partial charge on any atom is 0.344 e. The summed E-state index contributed by atoms with van der Waals surface area (Å²) in [7, 11) is 1.48. The molecule has 0 aromatic heterocycles. The number of imide groups is 1. The van der Waals surface area contributed by atoms with Gasteiger partial charge in [0, 0.05) is 5.39 Å². The number of ether oxygens (including phenoxy) is 4. The fourth-order valence-electron chi connectivity index (χ4n) is 3.71. The number of nitrogens with zero attached hydrogens (tertiary/aromatic N) is 1. The number of esters is 1. The van der Waals surface area contributed by atoms with Crippen LogP contribution >= 0.6 is 34.4 Å². The summed E-state index contributed by atoms with van der Waals surface area (Å²) < 4.78 is 22.5. The average molecular weight is 633 g/mol. The Morgan fingerprint density at radius 2 is 1.84 bits per heavy atom. The van der Waals surface area contributed by atoms with E-state index in [9.17, 15) is 14.4 Å². The van der Waals surface area contributed by atoms with Crippen LogP contribution in [-0.2, 0) is 14.3 Å². The Labute approximate surface area is 232 Å². The summed E-state index contributed by atoms with van der Waals surface area (Å²) in [5.74, 6) is 0.625. The highest BCUT2D eigenvalue weighted by atomic mass is 127. The second kappa shape index (κ2) is 12.3. The van der Waals surface area contributed by atoms with E-state index >= 15 is 0 Å². The van der Waals surface area contributed by atoms with Crippen molar-refractivity contribution in [2.75, 3.05) is 33.5 Å². The van der Waals surface area contributed by atoms with E-state index in [1.165, 1.54) is 12.0 Å². The molecule has 0 unspecified atom stereocenters. The minimum Gasteiger partial charge on any atom is -0.493 e. The molecule has 0 saturated carbocycles. The molecule has 8 nitrogen and oxygen atoms in total. The van der Waals surface area contributed by atoms with E-state index in [1.54, 1.807) is 25.1 Å². The summed E-state index contributed by atoms with van der Waals surface area (Å²) in [5, 5.41) is 1.67. The second-order valence-corrected chi connectivity index (χ2v) is 9.94. The van der Waals surface area contributed by atoms with Crippen molar-refractivity contribution in [1.29, 1.82) is 0 Å².